The average Bonchev–Trinajstić information content (AvgIpc) is 3.09. The highest BCUT2D eigenvalue weighted by molar-refractivity contribution is 6.31. The van der Waals surface area contributed by atoms with E-state index in [0.717, 1.165) is 10.0 Å². The summed E-state index contributed by atoms with van der Waals surface area (Å²) in [4.78, 5) is 53.8. The van der Waals surface area contributed by atoms with E-state index in [1.165, 1.54) is 48.5 Å². The van der Waals surface area contributed by atoms with Crippen molar-refractivity contribution >= 4 is 58.3 Å². The number of rotatable bonds is 7. The van der Waals surface area contributed by atoms with Crippen molar-refractivity contribution in [2.75, 3.05) is 5.88 Å². The number of benzene rings is 3. The van der Waals surface area contributed by atoms with Gasteiger partial charge < -0.3 is 0 Å². The van der Waals surface area contributed by atoms with Crippen molar-refractivity contribution in [2.45, 2.75) is 12.5 Å². The van der Waals surface area contributed by atoms with Gasteiger partial charge in [0, 0.05) is 27.1 Å². The first-order chi connectivity index (χ1) is 16.3. The molecule has 0 saturated heterocycles. The van der Waals surface area contributed by atoms with Crippen LogP contribution >= 0.6 is 34.8 Å². The number of ketones is 1. The molecule has 34 heavy (non-hydrogen) atoms. The fourth-order valence-corrected chi connectivity index (χ4v) is 4.20. The molecule has 0 saturated carbocycles. The number of halogens is 3. The summed E-state index contributed by atoms with van der Waals surface area (Å²) in [5.41, 5.74) is 0.685. The molecule has 1 aliphatic rings. The standard InChI is InChI=1S/C25H17Cl3N2O4/c26-14-13-21(22(31)15-5-9-17(27)10-6-15)29(23(32)16-7-11-18(28)12-8-16)30-24(33)19-3-1-2-4-20(19)25(30)34/h1-12,21H,13-14H2/t21-/m1/s1. The Morgan fingerprint density at radius 1 is 0.765 bits per heavy atom. The van der Waals surface area contributed by atoms with Crippen LogP contribution < -0.4 is 0 Å². The summed E-state index contributed by atoms with van der Waals surface area (Å²) in [5, 5.41) is 2.47. The van der Waals surface area contributed by atoms with E-state index >= 15 is 0 Å². The Morgan fingerprint density at radius 3 is 1.71 bits per heavy atom. The second-order valence-electron chi connectivity index (χ2n) is 7.49. The molecule has 6 nitrogen and oxygen atoms in total. The van der Waals surface area contributed by atoms with Crippen LogP contribution in [0.4, 0.5) is 0 Å². The number of nitrogens with zero attached hydrogens (tertiary/aromatic N) is 2. The predicted molar refractivity (Wildman–Crippen MR) is 129 cm³/mol. The summed E-state index contributed by atoms with van der Waals surface area (Å²) in [6.07, 6.45) is -0.00422. The molecule has 3 aromatic carbocycles. The quantitative estimate of drug-likeness (QED) is 0.236. The molecule has 0 unspecified atom stereocenters. The van der Waals surface area contributed by atoms with E-state index < -0.39 is 29.5 Å². The van der Waals surface area contributed by atoms with Crippen molar-refractivity contribution < 1.29 is 19.2 Å². The number of carbonyl (C=O) groups is 4. The van der Waals surface area contributed by atoms with Gasteiger partial charge in [-0.2, -0.15) is 5.01 Å². The molecule has 0 bridgehead atoms. The van der Waals surface area contributed by atoms with Gasteiger partial charge in [-0.25, -0.2) is 5.01 Å². The Morgan fingerprint density at radius 2 is 1.24 bits per heavy atom. The van der Waals surface area contributed by atoms with E-state index in [9.17, 15) is 19.2 Å². The van der Waals surface area contributed by atoms with Crippen molar-refractivity contribution in [1.82, 2.24) is 10.0 Å². The van der Waals surface area contributed by atoms with Crippen LogP contribution in [0.3, 0.4) is 0 Å². The van der Waals surface area contributed by atoms with Crippen LogP contribution in [0.1, 0.15) is 47.9 Å². The smallest absolute Gasteiger partial charge is 0.280 e. The van der Waals surface area contributed by atoms with Gasteiger partial charge in [0.05, 0.1) is 11.1 Å². The predicted octanol–water partition coefficient (Wildman–Crippen LogP) is 5.53. The van der Waals surface area contributed by atoms with Gasteiger partial charge in [0.15, 0.2) is 5.78 Å². The summed E-state index contributed by atoms with van der Waals surface area (Å²) >= 11 is 17.9. The minimum atomic E-state index is -1.23. The number of fused-ring (bicyclic) bond motifs is 1. The van der Waals surface area contributed by atoms with Gasteiger partial charge >= 0.3 is 0 Å². The number of carbonyl (C=O) groups excluding carboxylic acids is 4. The molecule has 1 aliphatic heterocycles. The molecule has 0 N–H and O–H groups in total. The molecule has 0 fully saturated rings. The maximum atomic E-state index is 13.7. The lowest BCUT2D eigenvalue weighted by atomic mass is 10.0. The first-order valence-electron chi connectivity index (χ1n) is 10.3. The number of hydrazine groups is 1. The van der Waals surface area contributed by atoms with Crippen molar-refractivity contribution in [3.63, 3.8) is 0 Å². The summed E-state index contributed by atoms with van der Waals surface area (Å²) in [5.74, 6) is -2.62. The van der Waals surface area contributed by atoms with E-state index in [0.29, 0.717) is 10.0 Å². The van der Waals surface area contributed by atoms with Gasteiger partial charge in [-0.3, -0.25) is 19.2 Å². The van der Waals surface area contributed by atoms with E-state index in [4.69, 9.17) is 34.8 Å². The highest BCUT2D eigenvalue weighted by Crippen LogP contribution is 2.29. The zero-order chi connectivity index (χ0) is 24.4. The molecular weight excluding hydrogens is 499 g/mol. The topological polar surface area (TPSA) is 74.8 Å². The maximum absolute atomic E-state index is 13.7. The monoisotopic (exact) mass is 514 g/mol. The van der Waals surface area contributed by atoms with Gasteiger partial charge in [-0.15, -0.1) is 11.6 Å². The number of Topliss-reactive ketones (excluding diaryl/α,β-unsaturated/α-hetero) is 1. The Balaban J connectivity index is 1.84. The van der Waals surface area contributed by atoms with Gasteiger partial charge in [-0.1, -0.05) is 35.3 Å². The minimum Gasteiger partial charge on any atom is -0.292 e. The zero-order valence-electron chi connectivity index (χ0n) is 17.6. The Bertz CT molecular complexity index is 1240. The number of hydrogen-bond acceptors (Lipinski definition) is 4. The van der Waals surface area contributed by atoms with Crippen LogP contribution in [0.25, 0.3) is 0 Å². The Hall–Kier alpha value is -3.19. The van der Waals surface area contributed by atoms with E-state index in [2.05, 4.69) is 0 Å². The van der Waals surface area contributed by atoms with Crippen LogP contribution in [0.2, 0.25) is 10.0 Å². The van der Waals surface area contributed by atoms with Gasteiger partial charge in [0.1, 0.15) is 6.04 Å². The molecule has 0 spiro atoms. The van der Waals surface area contributed by atoms with Crippen LogP contribution in [-0.2, 0) is 0 Å². The Labute approximate surface area is 210 Å². The molecule has 9 heteroatoms. The zero-order valence-corrected chi connectivity index (χ0v) is 19.8. The minimum absolute atomic E-state index is 0.00242. The molecule has 172 valence electrons. The third-order valence-corrected chi connectivity index (χ3v) is 6.12. The van der Waals surface area contributed by atoms with Crippen molar-refractivity contribution in [1.29, 1.82) is 0 Å². The second kappa shape index (κ2) is 9.97. The van der Waals surface area contributed by atoms with Gasteiger partial charge in [-0.05, 0) is 67.1 Å². The molecule has 3 amide bonds. The molecular formula is C25H17Cl3N2O4. The SMILES string of the molecule is O=C(c1ccc(Cl)cc1)[C@@H](CCCl)N(C(=O)c1ccc(Cl)cc1)N1C(=O)c2ccccc2C1=O. The van der Waals surface area contributed by atoms with Crippen molar-refractivity contribution in [3.05, 3.63) is 105 Å². The third kappa shape index (κ3) is 4.44. The van der Waals surface area contributed by atoms with Crippen LogP contribution in [0.15, 0.2) is 72.8 Å². The number of hydrogen-bond donors (Lipinski definition) is 0. The molecule has 0 aromatic heterocycles. The van der Waals surface area contributed by atoms with Crippen molar-refractivity contribution in [2.24, 2.45) is 0 Å². The summed E-state index contributed by atoms with van der Waals surface area (Å²) in [7, 11) is 0. The Kier molecular flexibility index (Phi) is 7.03. The van der Waals surface area contributed by atoms with Crippen LogP contribution in [-0.4, -0.2) is 45.4 Å². The largest absolute Gasteiger partial charge is 0.292 e. The first kappa shape index (κ1) is 24.0. The highest BCUT2D eigenvalue weighted by Gasteiger charge is 2.46. The summed E-state index contributed by atoms with van der Waals surface area (Å²) in [6.45, 7) is 0. The molecule has 1 atom stereocenters. The molecule has 3 aromatic rings. The van der Waals surface area contributed by atoms with E-state index in [-0.39, 0.29) is 34.6 Å². The van der Waals surface area contributed by atoms with Crippen molar-refractivity contribution in [3.8, 4) is 0 Å². The third-order valence-electron chi connectivity index (χ3n) is 5.40. The average molecular weight is 516 g/mol. The lowest BCUT2D eigenvalue weighted by Gasteiger charge is -2.36. The van der Waals surface area contributed by atoms with Gasteiger partial charge in [0.25, 0.3) is 17.7 Å². The lowest BCUT2D eigenvalue weighted by Crippen LogP contribution is -2.57. The fraction of sp³-hybridized carbons (Fsp3) is 0.120. The highest BCUT2D eigenvalue weighted by atomic mass is 35.5. The van der Waals surface area contributed by atoms with Crippen LogP contribution in [0, 0.1) is 0 Å². The first-order valence-corrected chi connectivity index (χ1v) is 11.5. The molecule has 0 aliphatic carbocycles. The van der Waals surface area contributed by atoms with Crippen LogP contribution in [0.5, 0.6) is 0 Å². The maximum Gasteiger partial charge on any atom is 0.280 e. The number of imide groups is 1. The van der Waals surface area contributed by atoms with E-state index in [1.54, 1.807) is 24.3 Å². The fourth-order valence-electron chi connectivity index (χ4n) is 3.74. The molecule has 1 heterocycles. The lowest BCUT2D eigenvalue weighted by molar-refractivity contribution is -0.00960. The summed E-state index contributed by atoms with van der Waals surface area (Å²) in [6, 6.07) is 17.0. The molecule has 0 radical (unpaired) electrons. The molecule has 4 rings (SSSR count). The van der Waals surface area contributed by atoms with E-state index in [1.807, 2.05) is 0 Å². The normalized spacial score (nSPS) is 13.6. The summed E-state index contributed by atoms with van der Waals surface area (Å²) < 4.78 is 0. The van der Waals surface area contributed by atoms with Gasteiger partial charge in [0.2, 0.25) is 0 Å². The number of alkyl halides is 1. The number of amides is 3. The second-order valence-corrected chi connectivity index (χ2v) is 8.74.